The molecule has 0 spiro atoms. The van der Waals surface area contributed by atoms with Crippen molar-refractivity contribution in [3.63, 3.8) is 0 Å². The summed E-state index contributed by atoms with van der Waals surface area (Å²) in [5.74, 6) is -2.49. The minimum Gasteiger partial charge on any atom is -0.506 e. The molecular weight excluding hydrogens is 673 g/mol. The van der Waals surface area contributed by atoms with Crippen LogP contribution in [0.2, 0.25) is 5.02 Å². The first-order valence-electron chi connectivity index (χ1n) is 17.7. The van der Waals surface area contributed by atoms with E-state index in [1.54, 1.807) is 14.4 Å². The fraction of sp³-hybridized carbons (Fsp3) is 0.583. The molecule has 3 atom stereocenters. The number of H-pyrrole nitrogens is 1. The third-order valence-corrected chi connectivity index (χ3v) is 12.0. The molecular formula is C36H44ClF3N6O4. The Hall–Kier alpha value is -3.55. The van der Waals surface area contributed by atoms with Crippen LogP contribution in [0.15, 0.2) is 41.2 Å². The van der Waals surface area contributed by atoms with E-state index in [-0.39, 0.29) is 42.0 Å². The molecule has 14 heteroatoms. The lowest BCUT2D eigenvalue weighted by Crippen LogP contribution is -2.56. The van der Waals surface area contributed by atoms with Crippen molar-refractivity contribution in [3.05, 3.63) is 63.0 Å². The second kappa shape index (κ2) is 13.9. The number of piperazine rings is 1. The lowest BCUT2D eigenvalue weighted by molar-refractivity contribution is -0.143. The van der Waals surface area contributed by atoms with Crippen molar-refractivity contribution in [1.82, 2.24) is 29.2 Å². The summed E-state index contributed by atoms with van der Waals surface area (Å²) in [7, 11) is 2.21. The first-order chi connectivity index (χ1) is 23.9. The summed E-state index contributed by atoms with van der Waals surface area (Å²) < 4.78 is 43.1. The number of halogens is 4. The number of aromatic amines is 1. The highest BCUT2D eigenvalue weighted by Gasteiger charge is 2.42. The van der Waals surface area contributed by atoms with Crippen LogP contribution in [-0.4, -0.2) is 111 Å². The average molecular weight is 717 g/mol. The summed E-state index contributed by atoms with van der Waals surface area (Å²) >= 11 is 6.04. The number of benzene rings is 2. The van der Waals surface area contributed by atoms with E-state index < -0.39 is 28.4 Å². The van der Waals surface area contributed by atoms with Crippen molar-refractivity contribution >= 4 is 34.4 Å². The molecule has 10 nitrogen and oxygen atoms in total. The molecule has 2 bridgehead atoms. The Morgan fingerprint density at radius 1 is 0.920 bits per heavy atom. The standard InChI is InChI=1S/C36H44ClF3N6O4/c1-42-25-6-7-26(42)21-27(20-25)43-12-14-45(15-13-43)34(49)23(16-22-17-28(36(38,39)40)33(48)29(37)18-22)19-32(47)44-10-8-24(9-11-44)46-31-5-3-2-4-30(31)41-35(46)50/h2-5,17-18,23-27,48H,6-16,19-21H2,1H3,(H,41,50)/t23-,25?,26?,27?/m0/s1. The number of phenols is 1. The van der Waals surface area contributed by atoms with Gasteiger partial charge in [0.15, 0.2) is 0 Å². The molecule has 2 amide bonds. The number of fused-ring (bicyclic) bond motifs is 3. The third-order valence-electron chi connectivity index (χ3n) is 11.7. The Balaban J connectivity index is 1.05. The predicted octanol–water partition coefficient (Wildman–Crippen LogP) is 4.89. The number of para-hydroxylation sites is 2. The number of rotatable bonds is 7. The van der Waals surface area contributed by atoms with E-state index in [0.717, 1.165) is 29.9 Å². The molecule has 0 saturated carbocycles. The molecule has 0 aliphatic carbocycles. The smallest absolute Gasteiger partial charge is 0.420 e. The van der Waals surface area contributed by atoms with Gasteiger partial charge in [0, 0.05) is 69.9 Å². The van der Waals surface area contributed by atoms with Gasteiger partial charge in [-0.15, -0.1) is 0 Å². The number of aromatic hydroxyl groups is 1. The molecule has 2 unspecified atom stereocenters. The van der Waals surface area contributed by atoms with Gasteiger partial charge in [-0.25, -0.2) is 4.79 Å². The molecule has 7 rings (SSSR count). The van der Waals surface area contributed by atoms with Crippen LogP contribution in [0, 0.1) is 5.92 Å². The van der Waals surface area contributed by atoms with Crippen molar-refractivity contribution < 1.29 is 27.9 Å². The second-order valence-electron chi connectivity index (χ2n) is 14.5. The van der Waals surface area contributed by atoms with Gasteiger partial charge < -0.3 is 24.8 Å². The van der Waals surface area contributed by atoms with Crippen molar-refractivity contribution in [3.8, 4) is 5.75 Å². The Bertz CT molecular complexity index is 1780. The molecule has 4 aliphatic heterocycles. The zero-order valence-electron chi connectivity index (χ0n) is 28.2. The summed E-state index contributed by atoms with van der Waals surface area (Å²) in [6.07, 6.45) is 0.636. The first-order valence-corrected chi connectivity index (χ1v) is 18.1. The number of nitrogens with one attached hydrogen (secondary N) is 1. The first kappa shape index (κ1) is 34.9. The molecule has 0 radical (unpaired) electrons. The van der Waals surface area contributed by atoms with Crippen molar-refractivity contribution in [2.45, 2.75) is 81.7 Å². The monoisotopic (exact) mass is 716 g/mol. The van der Waals surface area contributed by atoms with E-state index in [1.807, 2.05) is 24.3 Å². The van der Waals surface area contributed by atoms with Gasteiger partial charge in [0.2, 0.25) is 11.8 Å². The number of aromatic nitrogens is 2. The third kappa shape index (κ3) is 6.88. The zero-order chi connectivity index (χ0) is 35.3. The molecule has 2 N–H and O–H groups in total. The Labute approximate surface area is 293 Å². The predicted molar refractivity (Wildman–Crippen MR) is 183 cm³/mol. The van der Waals surface area contributed by atoms with E-state index in [4.69, 9.17) is 11.6 Å². The molecule has 1 aromatic heterocycles. The molecule has 3 aromatic rings. The van der Waals surface area contributed by atoms with Crippen molar-refractivity contribution in [1.29, 1.82) is 0 Å². The fourth-order valence-electron chi connectivity index (χ4n) is 8.92. The quantitative estimate of drug-likeness (QED) is 0.361. The summed E-state index contributed by atoms with van der Waals surface area (Å²) in [5, 5.41) is 9.60. The number of carbonyl (C=O) groups excluding carboxylic acids is 2. The van der Waals surface area contributed by atoms with Gasteiger partial charge in [0.25, 0.3) is 0 Å². The number of amides is 2. The maximum Gasteiger partial charge on any atom is 0.420 e. The van der Waals surface area contributed by atoms with Gasteiger partial charge in [-0.2, -0.15) is 13.2 Å². The van der Waals surface area contributed by atoms with Crippen molar-refractivity contribution in [2.24, 2.45) is 5.92 Å². The minimum atomic E-state index is -4.85. The Kier molecular flexibility index (Phi) is 9.68. The molecule has 5 heterocycles. The number of imidazole rings is 1. The van der Waals surface area contributed by atoms with Gasteiger partial charge in [0.1, 0.15) is 5.75 Å². The van der Waals surface area contributed by atoms with Crippen LogP contribution in [0.25, 0.3) is 11.0 Å². The number of carbonyl (C=O) groups is 2. The lowest BCUT2D eigenvalue weighted by atomic mass is 9.91. The molecule has 2 aromatic carbocycles. The lowest BCUT2D eigenvalue weighted by Gasteiger charge is -2.45. The second-order valence-corrected chi connectivity index (χ2v) is 15.0. The Morgan fingerprint density at radius 2 is 1.58 bits per heavy atom. The minimum absolute atomic E-state index is 0.101. The highest BCUT2D eigenvalue weighted by Crippen LogP contribution is 2.41. The molecule has 4 aliphatic rings. The van der Waals surface area contributed by atoms with E-state index >= 15 is 0 Å². The molecule has 4 saturated heterocycles. The highest BCUT2D eigenvalue weighted by atomic mass is 35.5. The van der Waals surface area contributed by atoms with E-state index in [2.05, 4.69) is 21.8 Å². The summed E-state index contributed by atoms with van der Waals surface area (Å²) in [6.45, 7) is 3.17. The zero-order valence-corrected chi connectivity index (χ0v) is 28.9. The number of hydrogen-bond acceptors (Lipinski definition) is 6. The SMILES string of the molecule is CN1C2CCC1CC(N1CCN(C(=O)[C@H](CC(=O)N3CCC(n4c(=O)[nH]c5ccccc54)CC3)Cc3cc(Cl)c(O)c(C(F)(F)F)c3)CC1)C2. The average Bonchev–Trinajstić information content (AvgIpc) is 3.51. The number of alkyl halides is 3. The van der Waals surface area contributed by atoms with Crippen LogP contribution >= 0.6 is 11.6 Å². The summed E-state index contributed by atoms with van der Waals surface area (Å²) in [6, 6.07) is 11.1. The number of piperidine rings is 2. The summed E-state index contributed by atoms with van der Waals surface area (Å²) in [5.41, 5.74) is 0.217. The number of hydrogen-bond donors (Lipinski definition) is 2. The van der Waals surface area contributed by atoms with E-state index in [0.29, 0.717) is 70.2 Å². The van der Waals surface area contributed by atoms with Gasteiger partial charge in [-0.1, -0.05) is 23.7 Å². The van der Waals surface area contributed by atoms with Gasteiger partial charge in [-0.3, -0.25) is 19.1 Å². The maximum atomic E-state index is 14.1. The van der Waals surface area contributed by atoms with Crippen LogP contribution < -0.4 is 5.69 Å². The molecule has 4 fully saturated rings. The molecule has 50 heavy (non-hydrogen) atoms. The largest absolute Gasteiger partial charge is 0.506 e. The van der Waals surface area contributed by atoms with Crippen LogP contribution in [0.3, 0.4) is 0 Å². The topological polar surface area (TPSA) is 105 Å². The fourth-order valence-corrected chi connectivity index (χ4v) is 9.16. The normalized spacial score (nSPS) is 24.6. The van der Waals surface area contributed by atoms with Gasteiger partial charge in [-0.05, 0) is 81.8 Å². The van der Waals surface area contributed by atoms with Gasteiger partial charge in [0.05, 0.1) is 27.5 Å². The number of nitrogens with zero attached hydrogens (tertiary/aromatic N) is 5. The van der Waals surface area contributed by atoms with E-state index in [9.17, 15) is 32.7 Å². The maximum absolute atomic E-state index is 14.1. The number of phenolic OH excluding ortho intramolecular Hbond substituents is 1. The summed E-state index contributed by atoms with van der Waals surface area (Å²) in [4.78, 5) is 52.0. The van der Waals surface area contributed by atoms with Crippen LogP contribution in [0.1, 0.15) is 62.1 Å². The van der Waals surface area contributed by atoms with Crippen molar-refractivity contribution in [2.75, 3.05) is 46.3 Å². The van der Waals surface area contributed by atoms with E-state index in [1.165, 1.54) is 18.9 Å². The highest BCUT2D eigenvalue weighted by molar-refractivity contribution is 6.32. The molecule has 270 valence electrons. The van der Waals surface area contributed by atoms with Crippen LogP contribution in [0.4, 0.5) is 13.2 Å². The Morgan fingerprint density at radius 3 is 2.24 bits per heavy atom. The van der Waals surface area contributed by atoms with Crippen LogP contribution in [-0.2, 0) is 22.2 Å². The van der Waals surface area contributed by atoms with Gasteiger partial charge >= 0.3 is 11.9 Å². The number of likely N-dealkylation sites (tertiary alicyclic amines) is 1. The van der Waals surface area contributed by atoms with Crippen LogP contribution in [0.5, 0.6) is 5.75 Å².